The number of benzene rings is 1. The molecule has 6 nitrogen and oxygen atoms in total. The number of amides is 1. The third-order valence-corrected chi connectivity index (χ3v) is 5.40. The predicted octanol–water partition coefficient (Wildman–Crippen LogP) is 3.88. The molecule has 0 aliphatic rings. The second-order valence-electron chi connectivity index (χ2n) is 7.54. The first-order chi connectivity index (χ1) is 13.8. The van der Waals surface area contributed by atoms with E-state index in [1.807, 2.05) is 63.8 Å². The first-order valence-corrected chi connectivity index (χ1v) is 10.1. The molecule has 29 heavy (non-hydrogen) atoms. The van der Waals surface area contributed by atoms with Crippen LogP contribution in [-0.2, 0) is 24.8 Å². The van der Waals surface area contributed by atoms with E-state index < -0.39 is 0 Å². The van der Waals surface area contributed by atoms with Crippen LogP contribution in [0.2, 0.25) is 0 Å². The lowest BCUT2D eigenvalue weighted by atomic mass is 9.99. The third-order valence-electron chi connectivity index (χ3n) is 5.40. The van der Waals surface area contributed by atoms with Crippen molar-refractivity contribution in [2.75, 3.05) is 13.7 Å². The van der Waals surface area contributed by atoms with Crippen molar-refractivity contribution in [3.05, 3.63) is 52.3 Å². The van der Waals surface area contributed by atoms with Crippen LogP contribution in [-0.4, -0.2) is 39.2 Å². The maximum Gasteiger partial charge on any atom is 0.222 e. The lowest BCUT2D eigenvalue weighted by Gasteiger charge is -2.18. The van der Waals surface area contributed by atoms with Gasteiger partial charge in [0.2, 0.25) is 5.91 Å². The standard InChI is InChI=1S/C23H30N4O2/c1-7-29-19-10-8-18(9-11-19)14-26(5)21(28)13-12-20-15(2)22-17(4)25-27(6)23(22)24-16(20)3/h8-11H,7,12-14H2,1-6H3. The minimum absolute atomic E-state index is 0.126. The van der Waals surface area contributed by atoms with Gasteiger partial charge in [0.05, 0.1) is 12.3 Å². The quantitative estimate of drug-likeness (QED) is 0.610. The number of carbonyl (C=O) groups excluding carboxylic acids is 1. The van der Waals surface area contributed by atoms with Crippen LogP contribution in [0.15, 0.2) is 24.3 Å². The molecule has 0 spiro atoms. The molecule has 3 aromatic rings. The number of aromatic nitrogens is 3. The number of pyridine rings is 1. The molecule has 2 aromatic heterocycles. The highest BCUT2D eigenvalue weighted by Gasteiger charge is 2.17. The van der Waals surface area contributed by atoms with E-state index >= 15 is 0 Å². The van der Waals surface area contributed by atoms with E-state index in [0.717, 1.165) is 39.3 Å². The number of ether oxygens (including phenoxy) is 1. The highest BCUT2D eigenvalue weighted by molar-refractivity contribution is 5.84. The lowest BCUT2D eigenvalue weighted by molar-refractivity contribution is -0.130. The molecule has 0 bridgehead atoms. The van der Waals surface area contributed by atoms with Gasteiger partial charge >= 0.3 is 0 Å². The molecule has 0 radical (unpaired) electrons. The number of fused-ring (bicyclic) bond motifs is 1. The summed E-state index contributed by atoms with van der Waals surface area (Å²) in [5.74, 6) is 0.977. The van der Waals surface area contributed by atoms with Crippen molar-refractivity contribution in [3.8, 4) is 5.75 Å². The van der Waals surface area contributed by atoms with Crippen molar-refractivity contribution in [2.24, 2.45) is 7.05 Å². The molecular formula is C23H30N4O2. The molecule has 0 atom stereocenters. The van der Waals surface area contributed by atoms with Gasteiger partial charge in [0.15, 0.2) is 5.65 Å². The molecule has 154 valence electrons. The maximum absolute atomic E-state index is 12.7. The molecule has 0 saturated heterocycles. The first kappa shape index (κ1) is 20.8. The second kappa shape index (κ2) is 8.64. The van der Waals surface area contributed by atoms with Crippen LogP contribution >= 0.6 is 0 Å². The van der Waals surface area contributed by atoms with Gasteiger partial charge in [-0.15, -0.1) is 0 Å². The SMILES string of the molecule is CCOc1ccc(CN(C)C(=O)CCc2c(C)nc3c(c(C)nn3C)c2C)cc1. The average Bonchev–Trinajstić information content (AvgIpc) is 2.96. The summed E-state index contributed by atoms with van der Waals surface area (Å²) < 4.78 is 7.29. The summed E-state index contributed by atoms with van der Waals surface area (Å²) in [6, 6.07) is 7.90. The number of nitrogens with zero attached hydrogens (tertiary/aromatic N) is 4. The Hall–Kier alpha value is -2.89. The first-order valence-electron chi connectivity index (χ1n) is 10.1. The number of aryl methyl sites for hydroxylation is 4. The number of hydrogen-bond acceptors (Lipinski definition) is 4. The van der Waals surface area contributed by atoms with Crippen LogP contribution in [0, 0.1) is 20.8 Å². The van der Waals surface area contributed by atoms with Gasteiger partial charge in [-0.2, -0.15) is 5.10 Å². The van der Waals surface area contributed by atoms with E-state index in [9.17, 15) is 4.79 Å². The van der Waals surface area contributed by atoms with Gasteiger partial charge in [-0.1, -0.05) is 12.1 Å². The lowest BCUT2D eigenvalue weighted by Crippen LogP contribution is -2.26. The van der Waals surface area contributed by atoms with Gasteiger partial charge in [-0.25, -0.2) is 4.98 Å². The van der Waals surface area contributed by atoms with Crippen LogP contribution in [0.1, 0.15) is 41.4 Å². The predicted molar refractivity (Wildman–Crippen MR) is 115 cm³/mol. The summed E-state index contributed by atoms with van der Waals surface area (Å²) in [4.78, 5) is 19.2. The van der Waals surface area contributed by atoms with Crippen molar-refractivity contribution >= 4 is 16.9 Å². The topological polar surface area (TPSA) is 60.2 Å². The maximum atomic E-state index is 12.7. The minimum atomic E-state index is 0.126. The Bertz CT molecular complexity index is 1020. The Morgan fingerprint density at radius 3 is 2.48 bits per heavy atom. The van der Waals surface area contributed by atoms with Gasteiger partial charge in [-0.3, -0.25) is 9.48 Å². The van der Waals surface area contributed by atoms with Gasteiger partial charge < -0.3 is 9.64 Å². The van der Waals surface area contributed by atoms with Gasteiger partial charge in [-0.05, 0) is 62.9 Å². The Labute approximate surface area is 172 Å². The number of carbonyl (C=O) groups is 1. The molecule has 3 rings (SSSR count). The van der Waals surface area contributed by atoms with E-state index in [0.29, 0.717) is 26.0 Å². The monoisotopic (exact) mass is 394 g/mol. The van der Waals surface area contributed by atoms with Gasteiger partial charge in [0.1, 0.15) is 5.75 Å². The highest BCUT2D eigenvalue weighted by Crippen LogP contribution is 2.26. The van der Waals surface area contributed by atoms with Crippen molar-refractivity contribution < 1.29 is 9.53 Å². The summed E-state index contributed by atoms with van der Waals surface area (Å²) in [5, 5.41) is 5.59. The van der Waals surface area contributed by atoms with Crippen molar-refractivity contribution in [3.63, 3.8) is 0 Å². The number of rotatable bonds is 7. The molecule has 0 aliphatic heterocycles. The molecule has 1 aromatic carbocycles. The fraction of sp³-hybridized carbons (Fsp3) is 0.435. The molecule has 6 heteroatoms. The summed E-state index contributed by atoms with van der Waals surface area (Å²) in [6.45, 7) is 9.32. The fourth-order valence-corrected chi connectivity index (χ4v) is 3.87. The van der Waals surface area contributed by atoms with E-state index in [-0.39, 0.29) is 5.91 Å². The molecule has 0 saturated carbocycles. The average molecular weight is 395 g/mol. The molecule has 1 amide bonds. The van der Waals surface area contributed by atoms with Crippen molar-refractivity contribution in [1.82, 2.24) is 19.7 Å². The molecule has 0 aliphatic carbocycles. The summed E-state index contributed by atoms with van der Waals surface area (Å²) in [6.07, 6.45) is 1.14. The van der Waals surface area contributed by atoms with E-state index in [2.05, 4.69) is 12.0 Å². The zero-order valence-corrected chi connectivity index (χ0v) is 18.2. The fourth-order valence-electron chi connectivity index (χ4n) is 3.87. The van der Waals surface area contributed by atoms with Gasteiger partial charge in [0.25, 0.3) is 0 Å². The Kier molecular flexibility index (Phi) is 6.20. The zero-order valence-electron chi connectivity index (χ0n) is 18.2. The molecule has 2 heterocycles. The van der Waals surface area contributed by atoms with Crippen LogP contribution in [0.5, 0.6) is 5.75 Å². The number of hydrogen-bond donors (Lipinski definition) is 0. The van der Waals surface area contributed by atoms with Crippen molar-refractivity contribution in [2.45, 2.75) is 47.1 Å². The molecule has 0 N–H and O–H groups in total. The van der Waals surface area contributed by atoms with E-state index in [1.54, 1.807) is 4.90 Å². The van der Waals surface area contributed by atoms with E-state index in [1.165, 1.54) is 5.56 Å². The smallest absolute Gasteiger partial charge is 0.222 e. The normalized spacial score (nSPS) is 11.1. The van der Waals surface area contributed by atoms with Crippen LogP contribution in [0.4, 0.5) is 0 Å². The van der Waals surface area contributed by atoms with Crippen molar-refractivity contribution in [1.29, 1.82) is 0 Å². The summed E-state index contributed by atoms with van der Waals surface area (Å²) in [5.41, 5.74) is 6.27. The summed E-state index contributed by atoms with van der Waals surface area (Å²) in [7, 11) is 3.77. The molecule has 0 fully saturated rings. The second-order valence-corrected chi connectivity index (χ2v) is 7.54. The Balaban J connectivity index is 1.67. The summed E-state index contributed by atoms with van der Waals surface area (Å²) >= 11 is 0. The molecular weight excluding hydrogens is 364 g/mol. The highest BCUT2D eigenvalue weighted by atomic mass is 16.5. The molecule has 0 unspecified atom stereocenters. The van der Waals surface area contributed by atoms with E-state index in [4.69, 9.17) is 9.72 Å². The third kappa shape index (κ3) is 4.42. The largest absolute Gasteiger partial charge is 0.494 e. The Morgan fingerprint density at radius 2 is 1.83 bits per heavy atom. The van der Waals surface area contributed by atoms with Gasteiger partial charge in [0, 0.05) is 38.1 Å². The Morgan fingerprint density at radius 1 is 1.14 bits per heavy atom. The zero-order chi connectivity index (χ0) is 21.1. The minimum Gasteiger partial charge on any atom is -0.494 e. The van der Waals surface area contributed by atoms with Crippen LogP contribution in [0.25, 0.3) is 11.0 Å². The van der Waals surface area contributed by atoms with Crippen LogP contribution < -0.4 is 4.74 Å². The van der Waals surface area contributed by atoms with Crippen LogP contribution in [0.3, 0.4) is 0 Å².